The number of hydrogen-bond donors (Lipinski definition) is 0. The fourth-order valence-electron chi connectivity index (χ4n) is 5.30. The highest BCUT2D eigenvalue weighted by atomic mass is 14.5. The Kier molecular flexibility index (Phi) is 4.46. The van der Waals surface area contributed by atoms with Crippen molar-refractivity contribution < 1.29 is 0 Å². The molecule has 3 aromatic carbocycles. The number of hydrogen-bond acceptors (Lipinski definition) is 0. The fraction of sp³-hybridized carbons (Fsp3) is 0.333. The molecule has 0 bridgehead atoms. The van der Waals surface area contributed by atoms with Crippen LogP contribution in [0.25, 0.3) is 11.1 Å². The van der Waals surface area contributed by atoms with E-state index in [0.717, 1.165) is 0 Å². The van der Waals surface area contributed by atoms with Gasteiger partial charge in [0.15, 0.2) is 0 Å². The first-order chi connectivity index (χ1) is 12.9. The first-order valence-electron chi connectivity index (χ1n) is 10.2. The van der Waals surface area contributed by atoms with Crippen LogP contribution in [-0.2, 0) is 10.8 Å². The van der Waals surface area contributed by atoms with Crippen LogP contribution in [0.3, 0.4) is 0 Å². The topological polar surface area (TPSA) is 0 Å². The molecule has 0 heterocycles. The molecule has 0 nitrogen and oxygen atoms in total. The Hall–Kier alpha value is -2.34. The molecule has 0 heteroatoms. The second-order valence-corrected chi connectivity index (χ2v) is 9.23. The van der Waals surface area contributed by atoms with Gasteiger partial charge in [-0.2, -0.15) is 0 Å². The van der Waals surface area contributed by atoms with Gasteiger partial charge < -0.3 is 0 Å². The van der Waals surface area contributed by atoms with Gasteiger partial charge in [0.25, 0.3) is 0 Å². The Morgan fingerprint density at radius 1 is 0.741 bits per heavy atom. The summed E-state index contributed by atoms with van der Waals surface area (Å²) in [6, 6.07) is 29.2. The van der Waals surface area contributed by atoms with Crippen LogP contribution < -0.4 is 0 Å². The highest BCUT2D eigenvalue weighted by Gasteiger charge is 2.48. The lowest BCUT2D eigenvalue weighted by molar-refractivity contribution is 0.341. The summed E-state index contributed by atoms with van der Waals surface area (Å²) in [5.41, 5.74) is 7.44. The van der Waals surface area contributed by atoms with Crippen LogP contribution in [0.15, 0.2) is 78.9 Å². The summed E-state index contributed by atoms with van der Waals surface area (Å²) in [6.45, 7) is 9.55. The highest BCUT2D eigenvalue weighted by molar-refractivity contribution is 5.68. The van der Waals surface area contributed by atoms with Crippen molar-refractivity contribution in [2.45, 2.75) is 51.4 Å². The first kappa shape index (κ1) is 18.0. The van der Waals surface area contributed by atoms with Crippen LogP contribution in [0.4, 0.5) is 0 Å². The van der Waals surface area contributed by atoms with Crippen LogP contribution >= 0.6 is 0 Å². The van der Waals surface area contributed by atoms with Crippen LogP contribution in [-0.4, -0.2) is 0 Å². The standard InChI is InChI=1S/C27H30/c1-20(2)18-27(23-13-9-6-10-14-23)19-26(3,4)24-16-15-22(17-25(24)27)21-11-7-5-8-12-21/h5-17,20H,18-19H2,1-4H3. The van der Waals surface area contributed by atoms with Gasteiger partial charge in [-0.1, -0.05) is 100 Å². The van der Waals surface area contributed by atoms with E-state index in [4.69, 9.17) is 0 Å². The van der Waals surface area contributed by atoms with Crippen molar-refractivity contribution in [3.63, 3.8) is 0 Å². The van der Waals surface area contributed by atoms with E-state index >= 15 is 0 Å². The Bertz CT molecular complexity index is 919. The van der Waals surface area contributed by atoms with Crippen LogP contribution in [0, 0.1) is 5.92 Å². The maximum atomic E-state index is 2.48. The van der Waals surface area contributed by atoms with E-state index in [-0.39, 0.29) is 10.8 Å². The second-order valence-electron chi connectivity index (χ2n) is 9.23. The molecule has 4 rings (SSSR count). The van der Waals surface area contributed by atoms with E-state index < -0.39 is 0 Å². The second kappa shape index (κ2) is 6.68. The molecule has 3 aromatic rings. The molecule has 1 aliphatic carbocycles. The van der Waals surface area contributed by atoms with Crippen molar-refractivity contribution in [1.29, 1.82) is 0 Å². The zero-order chi connectivity index (χ0) is 19.1. The lowest BCUT2D eigenvalue weighted by Crippen LogP contribution is -2.29. The van der Waals surface area contributed by atoms with Gasteiger partial charge in [0, 0.05) is 5.41 Å². The molecular weight excluding hydrogens is 324 g/mol. The molecule has 0 saturated heterocycles. The molecule has 0 aromatic heterocycles. The van der Waals surface area contributed by atoms with Crippen molar-refractivity contribution in [3.05, 3.63) is 95.6 Å². The largest absolute Gasteiger partial charge is 0.0627 e. The Morgan fingerprint density at radius 3 is 2.00 bits per heavy atom. The molecule has 27 heavy (non-hydrogen) atoms. The minimum Gasteiger partial charge on any atom is -0.0627 e. The molecular formula is C27H30. The summed E-state index contributed by atoms with van der Waals surface area (Å²) in [4.78, 5) is 0. The smallest absolute Gasteiger partial charge is 0.0216 e. The predicted octanol–water partition coefficient (Wildman–Crippen LogP) is 7.37. The minimum absolute atomic E-state index is 0.0963. The summed E-state index contributed by atoms with van der Waals surface area (Å²) in [6.07, 6.45) is 2.36. The van der Waals surface area contributed by atoms with Gasteiger partial charge in [-0.3, -0.25) is 0 Å². The van der Waals surface area contributed by atoms with Gasteiger partial charge in [0.05, 0.1) is 0 Å². The summed E-state index contributed by atoms with van der Waals surface area (Å²) < 4.78 is 0. The van der Waals surface area contributed by atoms with Gasteiger partial charge in [0.2, 0.25) is 0 Å². The van der Waals surface area contributed by atoms with Crippen LogP contribution in [0.1, 0.15) is 57.2 Å². The summed E-state index contributed by atoms with van der Waals surface area (Å²) in [7, 11) is 0. The van der Waals surface area contributed by atoms with Crippen molar-refractivity contribution >= 4 is 0 Å². The van der Waals surface area contributed by atoms with E-state index in [9.17, 15) is 0 Å². The monoisotopic (exact) mass is 354 g/mol. The molecule has 0 aliphatic heterocycles. The van der Waals surface area contributed by atoms with Gasteiger partial charge in [-0.15, -0.1) is 0 Å². The third kappa shape index (κ3) is 3.12. The lowest BCUT2D eigenvalue weighted by atomic mass is 9.68. The van der Waals surface area contributed by atoms with Crippen LogP contribution in [0.2, 0.25) is 0 Å². The van der Waals surface area contributed by atoms with Crippen molar-refractivity contribution in [3.8, 4) is 11.1 Å². The van der Waals surface area contributed by atoms with Gasteiger partial charge in [0.1, 0.15) is 0 Å². The average Bonchev–Trinajstić information content (AvgIpc) is 2.90. The number of rotatable bonds is 4. The molecule has 0 spiro atoms. The molecule has 0 amide bonds. The predicted molar refractivity (Wildman–Crippen MR) is 116 cm³/mol. The van der Waals surface area contributed by atoms with E-state index in [1.807, 2.05) is 0 Å². The quantitative estimate of drug-likeness (QED) is 0.459. The SMILES string of the molecule is CC(C)CC1(c2ccccc2)CC(C)(C)c2ccc(-c3ccccc3)cc21. The summed E-state index contributed by atoms with van der Waals surface area (Å²) >= 11 is 0. The Labute approximate surface area is 164 Å². The van der Waals surface area contributed by atoms with Crippen molar-refractivity contribution in [2.75, 3.05) is 0 Å². The molecule has 138 valence electrons. The summed E-state index contributed by atoms with van der Waals surface area (Å²) in [5, 5.41) is 0. The zero-order valence-electron chi connectivity index (χ0n) is 17.0. The fourth-order valence-corrected chi connectivity index (χ4v) is 5.30. The third-order valence-corrected chi connectivity index (χ3v) is 6.20. The summed E-state index contributed by atoms with van der Waals surface area (Å²) in [5.74, 6) is 0.646. The Morgan fingerprint density at radius 2 is 1.37 bits per heavy atom. The molecule has 0 radical (unpaired) electrons. The van der Waals surface area contributed by atoms with Gasteiger partial charge in [-0.25, -0.2) is 0 Å². The first-order valence-corrected chi connectivity index (χ1v) is 10.2. The number of benzene rings is 3. The molecule has 1 unspecified atom stereocenters. The van der Waals surface area contributed by atoms with Gasteiger partial charge >= 0.3 is 0 Å². The van der Waals surface area contributed by atoms with E-state index in [1.165, 1.54) is 40.7 Å². The number of fused-ring (bicyclic) bond motifs is 1. The van der Waals surface area contributed by atoms with Crippen molar-refractivity contribution in [1.82, 2.24) is 0 Å². The Balaban J connectivity index is 1.95. The average molecular weight is 355 g/mol. The molecule has 1 aliphatic rings. The van der Waals surface area contributed by atoms with Gasteiger partial charge in [-0.05, 0) is 58.1 Å². The molecule has 0 N–H and O–H groups in total. The normalized spacial score (nSPS) is 20.6. The van der Waals surface area contributed by atoms with E-state index in [2.05, 4.69) is 107 Å². The lowest BCUT2D eigenvalue weighted by Gasteiger charge is -2.35. The highest BCUT2D eigenvalue weighted by Crippen LogP contribution is 2.56. The zero-order valence-corrected chi connectivity index (χ0v) is 17.0. The van der Waals surface area contributed by atoms with Crippen LogP contribution in [0.5, 0.6) is 0 Å². The minimum atomic E-state index is 0.0963. The van der Waals surface area contributed by atoms with E-state index in [1.54, 1.807) is 0 Å². The molecule has 1 atom stereocenters. The van der Waals surface area contributed by atoms with Crippen molar-refractivity contribution in [2.24, 2.45) is 5.92 Å². The van der Waals surface area contributed by atoms with E-state index in [0.29, 0.717) is 5.92 Å². The molecule has 0 saturated carbocycles. The third-order valence-electron chi connectivity index (χ3n) is 6.20. The maximum absolute atomic E-state index is 2.48. The maximum Gasteiger partial charge on any atom is 0.0216 e. The molecule has 0 fully saturated rings.